The number of hydrogen-bond donors (Lipinski definition) is 2. The molecule has 4 N–H and O–H groups in total. The van der Waals surface area contributed by atoms with Gasteiger partial charge in [0, 0.05) is 6.20 Å². The average Bonchev–Trinajstić information content (AvgIpc) is 2.79. The minimum Gasteiger partial charge on any atom is -0.364 e. The van der Waals surface area contributed by atoms with Gasteiger partial charge in [-0.3, -0.25) is 4.79 Å². The summed E-state index contributed by atoms with van der Waals surface area (Å²) in [6.07, 6.45) is 2.13. The number of carbonyl (C=O) groups excluding carboxylic acids is 1. The Bertz CT molecular complexity index is 579. The highest BCUT2D eigenvalue weighted by Gasteiger charge is 2.09. The topological polar surface area (TPSA) is 86.9 Å². The molecule has 5 nitrogen and oxygen atoms in total. The van der Waals surface area contributed by atoms with Crippen LogP contribution < -0.4 is 11.5 Å². The fourth-order valence-corrected chi connectivity index (χ4v) is 1.72. The number of aromatic nitrogens is 2. The summed E-state index contributed by atoms with van der Waals surface area (Å²) in [5.74, 6) is -0.930. The first-order valence-corrected chi connectivity index (χ1v) is 5.46. The van der Waals surface area contributed by atoms with E-state index in [-0.39, 0.29) is 11.5 Å². The number of rotatable bonds is 4. The minimum atomic E-state index is -0.601. The first kappa shape index (κ1) is 12.3. The lowest BCUT2D eigenvalue weighted by Gasteiger charge is -2.08. The van der Waals surface area contributed by atoms with E-state index in [1.165, 1.54) is 22.9 Å². The zero-order valence-electron chi connectivity index (χ0n) is 9.64. The van der Waals surface area contributed by atoms with Crippen LogP contribution in [0.4, 0.5) is 4.39 Å². The number of amides is 1. The van der Waals surface area contributed by atoms with Crippen molar-refractivity contribution in [1.29, 1.82) is 0 Å². The van der Waals surface area contributed by atoms with Crippen molar-refractivity contribution in [3.8, 4) is 5.69 Å². The van der Waals surface area contributed by atoms with Crippen molar-refractivity contribution in [2.75, 3.05) is 6.54 Å². The summed E-state index contributed by atoms with van der Waals surface area (Å²) in [4.78, 5) is 11.0. The molecule has 0 aliphatic carbocycles. The predicted octanol–water partition coefficient (Wildman–Crippen LogP) is 0.611. The van der Waals surface area contributed by atoms with Crippen LogP contribution in [0, 0.1) is 5.82 Å². The van der Waals surface area contributed by atoms with Crippen LogP contribution in [-0.4, -0.2) is 22.2 Å². The first-order chi connectivity index (χ1) is 8.61. The third-order valence-electron chi connectivity index (χ3n) is 2.54. The average molecular weight is 248 g/mol. The monoisotopic (exact) mass is 248 g/mol. The maximum Gasteiger partial charge on any atom is 0.269 e. The molecule has 0 saturated carbocycles. The van der Waals surface area contributed by atoms with Crippen LogP contribution in [-0.2, 0) is 6.42 Å². The van der Waals surface area contributed by atoms with E-state index in [4.69, 9.17) is 11.5 Å². The maximum atomic E-state index is 13.2. The van der Waals surface area contributed by atoms with E-state index in [2.05, 4.69) is 5.10 Å². The second kappa shape index (κ2) is 4.97. The second-order valence-electron chi connectivity index (χ2n) is 3.82. The highest BCUT2D eigenvalue weighted by molar-refractivity contribution is 5.90. The van der Waals surface area contributed by atoms with Crippen LogP contribution in [0.15, 0.2) is 30.5 Å². The molecule has 18 heavy (non-hydrogen) atoms. The van der Waals surface area contributed by atoms with Gasteiger partial charge in [0.05, 0.1) is 5.69 Å². The molecule has 1 aromatic carbocycles. The summed E-state index contributed by atoms with van der Waals surface area (Å²) in [5, 5.41) is 4.03. The number of hydrogen-bond acceptors (Lipinski definition) is 3. The highest BCUT2D eigenvalue weighted by atomic mass is 19.1. The molecule has 0 unspecified atom stereocenters. The van der Waals surface area contributed by atoms with Crippen LogP contribution in [0.1, 0.15) is 16.1 Å². The molecule has 1 aromatic heterocycles. The third-order valence-corrected chi connectivity index (χ3v) is 2.54. The largest absolute Gasteiger partial charge is 0.364 e. The highest BCUT2D eigenvalue weighted by Crippen LogP contribution is 2.16. The standard InChI is InChI=1S/C12H13FN4O/c13-9-1-2-11(8(7-9)3-5-14)17-6-4-10(16-17)12(15)18/h1-2,4,6-7H,3,5,14H2,(H2,15,18). The molecule has 0 aliphatic heterocycles. The van der Waals surface area contributed by atoms with E-state index in [0.717, 1.165) is 5.56 Å². The Morgan fingerprint density at radius 3 is 2.78 bits per heavy atom. The van der Waals surface area contributed by atoms with E-state index in [9.17, 15) is 9.18 Å². The van der Waals surface area contributed by atoms with Crippen LogP contribution >= 0.6 is 0 Å². The van der Waals surface area contributed by atoms with E-state index >= 15 is 0 Å². The summed E-state index contributed by atoms with van der Waals surface area (Å²) >= 11 is 0. The summed E-state index contributed by atoms with van der Waals surface area (Å²) < 4.78 is 14.7. The maximum absolute atomic E-state index is 13.2. The van der Waals surface area contributed by atoms with Gasteiger partial charge < -0.3 is 11.5 Å². The number of carbonyl (C=O) groups is 1. The van der Waals surface area contributed by atoms with E-state index in [0.29, 0.717) is 18.7 Å². The number of nitrogens with two attached hydrogens (primary N) is 2. The number of primary amides is 1. The van der Waals surface area contributed by atoms with Crippen LogP contribution in [0.25, 0.3) is 5.69 Å². The lowest BCUT2D eigenvalue weighted by atomic mass is 10.1. The molecule has 2 rings (SSSR count). The third kappa shape index (κ3) is 2.38. The Kier molecular flexibility index (Phi) is 3.38. The van der Waals surface area contributed by atoms with Gasteiger partial charge in [0.15, 0.2) is 0 Å². The molecular formula is C12H13FN4O. The smallest absolute Gasteiger partial charge is 0.269 e. The first-order valence-electron chi connectivity index (χ1n) is 5.46. The molecule has 6 heteroatoms. The second-order valence-corrected chi connectivity index (χ2v) is 3.82. The Morgan fingerprint density at radius 2 is 2.17 bits per heavy atom. The van der Waals surface area contributed by atoms with Gasteiger partial charge in [-0.15, -0.1) is 0 Å². The SMILES string of the molecule is NCCc1cc(F)ccc1-n1ccc(C(N)=O)n1. The van der Waals surface area contributed by atoms with Crippen molar-refractivity contribution in [3.05, 3.63) is 47.5 Å². The van der Waals surface area contributed by atoms with Crippen molar-refractivity contribution in [3.63, 3.8) is 0 Å². The van der Waals surface area contributed by atoms with Gasteiger partial charge in [-0.05, 0) is 42.8 Å². The summed E-state index contributed by atoms with van der Waals surface area (Å²) in [7, 11) is 0. The van der Waals surface area contributed by atoms with E-state index in [1.807, 2.05) is 0 Å². The molecule has 1 amide bonds. The lowest BCUT2D eigenvalue weighted by molar-refractivity contribution is 0.0995. The number of halogens is 1. The molecule has 0 radical (unpaired) electrons. The molecule has 0 bridgehead atoms. The van der Waals surface area contributed by atoms with Crippen LogP contribution in [0.5, 0.6) is 0 Å². The van der Waals surface area contributed by atoms with Gasteiger partial charge in [-0.25, -0.2) is 9.07 Å². The fraction of sp³-hybridized carbons (Fsp3) is 0.167. The van der Waals surface area contributed by atoms with Crippen molar-refractivity contribution >= 4 is 5.91 Å². The molecule has 1 heterocycles. The van der Waals surface area contributed by atoms with Gasteiger partial charge in [0.1, 0.15) is 11.5 Å². The number of nitrogens with zero attached hydrogens (tertiary/aromatic N) is 2. The Hall–Kier alpha value is -2.21. The molecular weight excluding hydrogens is 235 g/mol. The van der Waals surface area contributed by atoms with Gasteiger partial charge in [0.25, 0.3) is 5.91 Å². The predicted molar refractivity (Wildman–Crippen MR) is 64.8 cm³/mol. The van der Waals surface area contributed by atoms with Crippen LogP contribution in [0.2, 0.25) is 0 Å². The van der Waals surface area contributed by atoms with E-state index in [1.54, 1.807) is 12.3 Å². The lowest BCUT2D eigenvalue weighted by Crippen LogP contribution is -2.13. The van der Waals surface area contributed by atoms with Gasteiger partial charge >= 0.3 is 0 Å². The van der Waals surface area contributed by atoms with Gasteiger partial charge in [-0.2, -0.15) is 5.10 Å². The number of benzene rings is 1. The Labute approximate surface area is 103 Å². The van der Waals surface area contributed by atoms with Crippen molar-refractivity contribution < 1.29 is 9.18 Å². The molecule has 94 valence electrons. The van der Waals surface area contributed by atoms with Crippen LogP contribution in [0.3, 0.4) is 0 Å². The zero-order chi connectivity index (χ0) is 13.1. The molecule has 0 aliphatic rings. The summed E-state index contributed by atoms with van der Waals surface area (Å²) in [6.45, 7) is 0.403. The quantitative estimate of drug-likeness (QED) is 0.831. The Balaban J connectivity index is 2.45. The zero-order valence-corrected chi connectivity index (χ0v) is 9.64. The van der Waals surface area contributed by atoms with Gasteiger partial charge in [0.2, 0.25) is 0 Å². The molecule has 0 saturated heterocycles. The molecule has 0 spiro atoms. The van der Waals surface area contributed by atoms with Crippen molar-refractivity contribution in [2.24, 2.45) is 11.5 Å². The normalized spacial score (nSPS) is 10.6. The van der Waals surface area contributed by atoms with Crippen molar-refractivity contribution in [2.45, 2.75) is 6.42 Å². The summed E-state index contributed by atoms with van der Waals surface area (Å²) in [6, 6.07) is 5.85. The molecule has 2 aromatic rings. The summed E-state index contributed by atoms with van der Waals surface area (Å²) in [5.41, 5.74) is 12.2. The van der Waals surface area contributed by atoms with Crippen molar-refractivity contribution in [1.82, 2.24) is 9.78 Å². The van der Waals surface area contributed by atoms with Gasteiger partial charge in [-0.1, -0.05) is 0 Å². The molecule has 0 fully saturated rings. The Morgan fingerprint density at radius 1 is 1.39 bits per heavy atom. The fourth-order valence-electron chi connectivity index (χ4n) is 1.72. The molecule has 0 atom stereocenters. The minimum absolute atomic E-state index is 0.165. The van der Waals surface area contributed by atoms with E-state index < -0.39 is 5.91 Å².